The molecule has 1 aliphatic heterocycles. The van der Waals surface area contributed by atoms with Crippen LogP contribution in [0.3, 0.4) is 0 Å². The normalized spacial score (nSPS) is 15.8. The number of ether oxygens (including phenoxy) is 1. The first kappa shape index (κ1) is 16.2. The molecule has 2 heterocycles. The highest BCUT2D eigenvalue weighted by Crippen LogP contribution is 2.31. The lowest BCUT2D eigenvalue weighted by Gasteiger charge is -2.19. The molecule has 22 heavy (non-hydrogen) atoms. The molecule has 116 valence electrons. The standard InChI is InChI=1S/C13H13N3O4S2/c1-3-20-12(19)7-4-6(2)22-11(7)14-5-8-9(17)15-13(21)16-10(8)18/h4-5,8H,3H2,1-2H3,(H2,15,16,17,18,21). The minimum Gasteiger partial charge on any atom is -0.462 e. The summed E-state index contributed by atoms with van der Waals surface area (Å²) in [4.78, 5) is 40.3. The molecule has 0 bridgehead atoms. The highest BCUT2D eigenvalue weighted by atomic mass is 32.1. The van der Waals surface area contributed by atoms with E-state index >= 15 is 0 Å². The molecular weight excluding hydrogens is 326 g/mol. The van der Waals surface area contributed by atoms with Gasteiger partial charge in [-0.15, -0.1) is 11.3 Å². The van der Waals surface area contributed by atoms with Crippen LogP contribution in [-0.4, -0.2) is 35.7 Å². The summed E-state index contributed by atoms with van der Waals surface area (Å²) >= 11 is 5.98. The zero-order valence-corrected chi connectivity index (χ0v) is 13.5. The van der Waals surface area contributed by atoms with Gasteiger partial charge in [-0.25, -0.2) is 9.79 Å². The topological polar surface area (TPSA) is 96.9 Å². The van der Waals surface area contributed by atoms with Gasteiger partial charge in [-0.2, -0.15) is 0 Å². The van der Waals surface area contributed by atoms with Gasteiger partial charge >= 0.3 is 5.97 Å². The van der Waals surface area contributed by atoms with Crippen LogP contribution >= 0.6 is 23.6 Å². The van der Waals surface area contributed by atoms with Crippen LogP contribution in [0.4, 0.5) is 5.00 Å². The summed E-state index contributed by atoms with van der Waals surface area (Å²) in [6.45, 7) is 3.78. The quantitative estimate of drug-likeness (QED) is 0.370. The van der Waals surface area contributed by atoms with E-state index in [9.17, 15) is 14.4 Å². The second-order valence-corrected chi connectivity index (χ2v) is 6.00. The summed E-state index contributed by atoms with van der Waals surface area (Å²) in [5.74, 6) is -2.69. The number of rotatable bonds is 4. The Balaban J connectivity index is 2.23. The number of amides is 2. The van der Waals surface area contributed by atoms with E-state index in [1.165, 1.54) is 17.6 Å². The Morgan fingerprint density at radius 1 is 1.45 bits per heavy atom. The molecule has 0 aliphatic carbocycles. The molecular formula is C13H13N3O4S2. The molecule has 1 saturated heterocycles. The van der Waals surface area contributed by atoms with Gasteiger partial charge in [0, 0.05) is 11.1 Å². The lowest BCUT2D eigenvalue weighted by atomic mass is 10.1. The lowest BCUT2D eigenvalue weighted by molar-refractivity contribution is -0.131. The maximum Gasteiger partial charge on any atom is 0.341 e. The minimum absolute atomic E-state index is 0.0289. The van der Waals surface area contributed by atoms with E-state index in [1.807, 2.05) is 6.92 Å². The third-order valence-corrected chi connectivity index (χ3v) is 3.87. The highest BCUT2D eigenvalue weighted by Gasteiger charge is 2.31. The zero-order valence-electron chi connectivity index (χ0n) is 11.8. The average molecular weight is 339 g/mol. The van der Waals surface area contributed by atoms with Crippen molar-refractivity contribution in [1.29, 1.82) is 0 Å². The summed E-state index contributed by atoms with van der Waals surface area (Å²) in [6.07, 6.45) is 1.19. The first-order valence-corrected chi connectivity index (χ1v) is 7.62. The van der Waals surface area contributed by atoms with Crippen molar-refractivity contribution in [2.75, 3.05) is 6.61 Å². The van der Waals surface area contributed by atoms with Crippen molar-refractivity contribution >= 4 is 57.7 Å². The van der Waals surface area contributed by atoms with Crippen LogP contribution in [0.1, 0.15) is 22.2 Å². The molecule has 1 aromatic rings. The van der Waals surface area contributed by atoms with Gasteiger partial charge in [0.25, 0.3) is 0 Å². The molecule has 1 fully saturated rings. The summed E-state index contributed by atoms with van der Waals surface area (Å²) < 4.78 is 4.95. The van der Waals surface area contributed by atoms with Crippen LogP contribution in [0.5, 0.6) is 0 Å². The van der Waals surface area contributed by atoms with Crippen LogP contribution in [0, 0.1) is 12.8 Å². The van der Waals surface area contributed by atoms with E-state index in [0.29, 0.717) is 10.6 Å². The molecule has 0 radical (unpaired) electrons. The fraction of sp³-hybridized carbons (Fsp3) is 0.308. The van der Waals surface area contributed by atoms with Crippen LogP contribution < -0.4 is 10.6 Å². The first-order chi connectivity index (χ1) is 10.4. The average Bonchev–Trinajstić information content (AvgIpc) is 2.79. The van der Waals surface area contributed by atoms with E-state index in [0.717, 1.165) is 4.88 Å². The van der Waals surface area contributed by atoms with Gasteiger partial charge in [0.15, 0.2) is 11.0 Å². The van der Waals surface area contributed by atoms with Crippen LogP contribution in [0.15, 0.2) is 11.1 Å². The number of carbonyl (C=O) groups excluding carboxylic acids is 3. The molecule has 9 heteroatoms. The van der Waals surface area contributed by atoms with Gasteiger partial charge in [0.2, 0.25) is 11.8 Å². The number of hydrogen-bond acceptors (Lipinski definition) is 7. The summed E-state index contributed by atoms with van der Waals surface area (Å²) in [5, 5.41) is 5.04. The molecule has 2 amide bonds. The van der Waals surface area contributed by atoms with Crippen LogP contribution in [0.2, 0.25) is 0 Å². The third-order valence-electron chi connectivity index (χ3n) is 2.71. The molecule has 2 N–H and O–H groups in total. The van der Waals surface area contributed by atoms with Crippen molar-refractivity contribution in [3.05, 3.63) is 16.5 Å². The molecule has 7 nitrogen and oxygen atoms in total. The number of thiocarbonyl (C=S) groups is 1. The van der Waals surface area contributed by atoms with Crippen LogP contribution in [-0.2, 0) is 14.3 Å². The van der Waals surface area contributed by atoms with Crippen molar-refractivity contribution in [3.8, 4) is 0 Å². The van der Waals surface area contributed by atoms with E-state index in [4.69, 9.17) is 17.0 Å². The van der Waals surface area contributed by atoms with Gasteiger partial charge in [-0.3, -0.25) is 9.59 Å². The zero-order chi connectivity index (χ0) is 16.3. The second-order valence-electron chi connectivity index (χ2n) is 4.36. The number of nitrogens with zero attached hydrogens (tertiary/aromatic N) is 1. The van der Waals surface area contributed by atoms with Gasteiger partial charge in [-0.1, -0.05) is 0 Å². The fourth-order valence-electron chi connectivity index (χ4n) is 1.76. The van der Waals surface area contributed by atoms with Crippen molar-refractivity contribution in [2.24, 2.45) is 10.9 Å². The maximum absolute atomic E-state index is 11.8. The highest BCUT2D eigenvalue weighted by molar-refractivity contribution is 7.80. The number of aryl methyl sites for hydroxylation is 1. The van der Waals surface area contributed by atoms with E-state index in [1.54, 1.807) is 13.0 Å². The Hall–Kier alpha value is -2.13. The molecule has 0 spiro atoms. The van der Waals surface area contributed by atoms with Gasteiger partial charge < -0.3 is 15.4 Å². The van der Waals surface area contributed by atoms with E-state index in [-0.39, 0.29) is 11.7 Å². The number of esters is 1. The largest absolute Gasteiger partial charge is 0.462 e. The number of aliphatic imine (C=N–C) groups is 1. The number of carbonyl (C=O) groups is 3. The van der Waals surface area contributed by atoms with Gasteiger partial charge in [0.1, 0.15) is 5.00 Å². The van der Waals surface area contributed by atoms with Gasteiger partial charge in [-0.05, 0) is 32.1 Å². The Kier molecular flexibility index (Phi) is 4.99. The predicted octanol–water partition coefficient (Wildman–Crippen LogP) is 1.08. The molecule has 0 atom stereocenters. The van der Waals surface area contributed by atoms with Crippen molar-refractivity contribution < 1.29 is 19.1 Å². The smallest absolute Gasteiger partial charge is 0.341 e. The summed E-state index contributed by atoms with van der Waals surface area (Å²) in [7, 11) is 0. The van der Waals surface area contributed by atoms with E-state index < -0.39 is 23.7 Å². The Bertz CT molecular complexity index is 661. The molecule has 0 unspecified atom stereocenters. The summed E-state index contributed by atoms with van der Waals surface area (Å²) in [6, 6.07) is 1.66. The monoisotopic (exact) mass is 339 g/mol. The fourth-order valence-corrected chi connectivity index (χ4v) is 2.81. The molecule has 1 aromatic heterocycles. The Labute approximate surface area is 135 Å². The van der Waals surface area contributed by atoms with Crippen molar-refractivity contribution in [1.82, 2.24) is 10.6 Å². The molecule has 0 saturated carbocycles. The number of thiophene rings is 1. The van der Waals surface area contributed by atoms with E-state index in [2.05, 4.69) is 15.6 Å². The maximum atomic E-state index is 11.8. The summed E-state index contributed by atoms with van der Waals surface area (Å²) in [5.41, 5.74) is 0.313. The third kappa shape index (κ3) is 3.55. The predicted molar refractivity (Wildman–Crippen MR) is 85.5 cm³/mol. The number of hydrogen-bond donors (Lipinski definition) is 2. The van der Waals surface area contributed by atoms with Crippen molar-refractivity contribution in [2.45, 2.75) is 13.8 Å². The van der Waals surface area contributed by atoms with Crippen LogP contribution in [0.25, 0.3) is 0 Å². The minimum atomic E-state index is -1.09. The molecule has 0 aromatic carbocycles. The first-order valence-electron chi connectivity index (χ1n) is 6.39. The SMILES string of the molecule is CCOC(=O)c1cc(C)sc1N=CC1C(=O)NC(=S)NC1=O. The molecule has 2 rings (SSSR count). The Morgan fingerprint density at radius 2 is 2.09 bits per heavy atom. The molecule has 1 aliphatic rings. The Morgan fingerprint density at radius 3 is 2.68 bits per heavy atom. The number of nitrogens with one attached hydrogen (secondary N) is 2. The van der Waals surface area contributed by atoms with Gasteiger partial charge in [0.05, 0.1) is 12.2 Å². The van der Waals surface area contributed by atoms with Crippen molar-refractivity contribution in [3.63, 3.8) is 0 Å². The second kappa shape index (κ2) is 6.75. The lowest BCUT2D eigenvalue weighted by Crippen LogP contribution is -2.56.